The summed E-state index contributed by atoms with van der Waals surface area (Å²) in [6.07, 6.45) is 11.9. The summed E-state index contributed by atoms with van der Waals surface area (Å²) in [5, 5.41) is 16.6. The topological polar surface area (TPSA) is 70.3 Å². The Morgan fingerprint density at radius 2 is 1.48 bits per heavy atom. The van der Waals surface area contributed by atoms with Gasteiger partial charge in [-0.3, -0.25) is 0 Å². The highest BCUT2D eigenvalue weighted by molar-refractivity contribution is 4.61. The van der Waals surface area contributed by atoms with Crippen molar-refractivity contribution in [3.8, 4) is 0 Å². The molecule has 0 saturated heterocycles. The minimum Gasteiger partial charge on any atom is -0.392 e. The maximum atomic E-state index is 9.86. The van der Waals surface area contributed by atoms with Crippen LogP contribution in [0.25, 0.3) is 0 Å². The van der Waals surface area contributed by atoms with E-state index in [4.69, 9.17) is 5.73 Å². The summed E-state index contributed by atoms with van der Waals surface area (Å²) in [6.45, 7) is 6.87. The molecule has 0 amide bonds. The third kappa shape index (κ3) is 17.8. The summed E-state index contributed by atoms with van der Waals surface area (Å²) in [5.41, 5.74) is 5.44. The number of hydrogen-bond donors (Lipinski definition) is 4. The smallest absolute Gasteiger partial charge is 0.0664 e. The van der Waals surface area contributed by atoms with Gasteiger partial charge < -0.3 is 21.5 Å². The Morgan fingerprint density at radius 3 is 2.24 bits per heavy atom. The molecule has 0 bridgehead atoms. The van der Waals surface area contributed by atoms with Gasteiger partial charge in [-0.1, -0.05) is 45.4 Å². The van der Waals surface area contributed by atoms with Crippen LogP contribution in [-0.2, 0) is 0 Å². The fraction of sp³-hybridized carbons (Fsp3) is 1.00. The first-order chi connectivity index (χ1) is 10.3. The fourth-order valence-corrected chi connectivity index (χ4v) is 2.39. The van der Waals surface area contributed by atoms with Gasteiger partial charge in [0.1, 0.15) is 0 Å². The molecular weight excluding hydrogens is 262 g/mol. The van der Waals surface area contributed by atoms with Crippen LogP contribution >= 0.6 is 0 Å². The zero-order valence-electron chi connectivity index (χ0n) is 14.2. The van der Waals surface area contributed by atoms with Crippen molar-refractivity contribution < 1.29 is 5.11 Å². The summed E-state index contributed by atoms with van der Waals surface area (Å²) < 4.78 is 0. The van der Waals surface area contributed by atoms with Crippen LogP contribution in [-0.4, -0.2) is 43.9 Å². The highest BCUT2D eigenvalue weighted by atomic mass is 16.3. The first kappa shape index (κ1) is 20.8. The number of nitrogens with two attached hydrogens (primary N) is 1. The van der Waals surface area contributed by atoms with Gasteiger partial charge in [0, 0.05) is 6.54 Å². The quantitative estimate of drug-likeness (QED) is 0.311. The van der Waals surface area contributed by atoms with E-state index in [0.717, 1.165) is 58.4 Å². The molecule has 1 atom stereocenters. The molecule has 0 fully saturated rings. The van der Waals surface area contributed by atoms with Crippen molar-refractivity contribution in [1.82, 2.24) is 10.6 Å². The molecule has 0 radical (unpaired) electrons. The minimum atomic E-state index is -0.173. The van der Waals surface area contributed by atoms with Crippen LogP contribution in [0.2, 0.25) is 0 Å². The molecular formula is C17H39N3O. The zero-order valence-corrected chi connectivity index (χ0v) is 14.2. The van der Waals surface area contributed by atoms with Gasteiger partial charge in [0.15, 0.2) is 0 Å². The van der Waals surface area contributed by atoms with E-state index < -0.39 is 0 Å². The van der Waals surface area contributed by atoms with E-state index >= 15 is 0 Å². The summed E-state index contributed by atoms with van der Waals surface area (Å²) >= 11 is 0. The van der Waals surface area contributed by atoms with Gasteiger partial charge in [-0.2, -0.15) is 0 Å². The van der Waals surface area contributed by atoms with Crippen LogP contribution in [0.4, 0.5) is 0 Å². The molecule has 0 aromatic carbocycles. The second-order valence-corrected chi connectivity index (χ2v) is 6.01. The molecule has 0 heterocycles. The van der Waals surface area contributed by atoms with Gasteiger partial charge in [-0.15, -0.1) is 0 Å². The van der Waals surface area contributed by atoms with Gasteiger partial charge in [-0.05, 0) is 51.9 Å². The van der Waals surface area contributed by atoms with Crippen molar-refractivity contribution in [1.29, 1.82) is 0 Å². The maximum absolute atomic E-state index is 9.86. The normalized spacial score (nSPS) is 12.7. The maximum Gasteiger partial charge on any atom is 0.0664 e. The van der Waals surface area contributed by atoms with Crippen molar-refractivity contribution in [2.45, 2.75) is 77.2 Å². The second kappa shape index (κ2) is 17.9. The molecule has 128 valence electrons. The molecule has 1 unspecified atom stereocenters. The molecule has 5 N–H and O–H groups in total. The van der Waals surface area contributed by atoms with Crippen LogP contribution in [0.1, 0.15) is 71.1 Å². The number of unbranched alkanes of at least 4 members (excludes halogenated alkanes) is 6. The van der Waals surface area contributed by atoms with E-state index in [1.807, 2.05) is 0 Å². The van der Waals surface area contributed by atoms with Crippen molar-refractivity contribution in [2.24, 2.45) is 5.73 Å². The first-order valence-electron chi connectivity index (χ1n) is 9.10. The molecule has 0 aliphatic rings. The lowest BCUT2D eigenvalue weighted by atomic mass is 10.1. The lowest BCUT2D eigenvalue weighted by molar-refractivity contribution is 0.158. The minimum absolute atomic E-state index is 0.173. The number of nitrogens with one attached hydrogen (secondary N) is 2. The average molecular weight is 302 g/mol. The van der Waals surface area contributed by atoms with Crippen LogP contribution in [0, 0.1) is 0 Å². The highest BCUT2D eigenvalue weighted by Gasteiger charge is 2.02. The average Bonchev–Trinajstić information content (AvgIpc) is 2.49. The number of aliphatic hydroxyl groups excluding tert-OH is 1. The predicted octanol–water partition coefficient (Wildman–Crippen LogP) is 2.41. The molecule has 0 aliphatic heterocycles. The largest absolute Gasteiger partial charge is 0.392 e. The van der Waals surface area contributed by atoms with Crippen molar-refractivity contribution in [3.63, 3.8) is 0 Å². The van der Waals surface area contributed by atoms with Crippen LogP contribution < -0.4 is 16.4 Å². The molecule has 21 heavy (non-hydrogen) atoms. The molecule has 0 spiro atoms. The van der Waals surface area contributed by atoms with Gasteiger partial charge in [0.2, 0.25) is 0 Å². The van der Waals surface area contributed by atoms with E-state index in [-0.39, 0.29) is 6.10 Å². The summed E-state index contributed by atoms with van der Waals surface area (Å²) in [7, 11) is 0. The third-order valence-electron chi connectivity index (χ3n) is 3.79. The van der Waals surface area contributed by atoms with E-state index in [2.05, 4.69) is 17.6 Å². The lowest BCUT2D eigenvalue weighted by Crippen LogP contribution is -2.29. The van der Waals surface area contributed by atoms with Crippen LogP contribution in [0.15, 0.2) is 0 Å². The Morgan fingerprint density at radius 1 is 0.810 bits per heavy atom. The lowest BCUT2D eigenvalue weighted by Gasteiger charge is -2.12. The van der Waals surface area contributed by atoms with Crippen molar-refractivity contribution in [2.75, 3.05) is 32.7 Å². The molecule has 0 saturated carbocycles. The monoisotopic (exact) mass is 301 g/mol. The Labute approximate surface area is 132 Å². The Hall–Kier alpha value is -0.160. The van der Waals surface area contributed by atoms with Crippen LogP contribution in [0.3, 0.4) is 0 Å². The number of aliphatic hydroxyl groups is 1. The third-order valence-corrected chi connectivity index (χ3v) is 3.79. The molecule has 0 aromatic rings. The fourth-order valence-electron chi connectivity index (χ4n) is 2.39. The molecule has 4 heteroatoms. The van der Waals surface area contributed by atoms with E-state index in [1.54, 1.807) is 0 Å². The molecule has 0 aromatic heterocycles. The first-order valence-corrected chi connectivity index (χ1v) is 9.10. The van der Waals surface area contributed by atoms with Crippen LogP contribution in [0.5, 0.6) is 0 Å². The Bertz CT molecular complexity index is 191. The Balaban J connectivity index is 3.10. The van der Waals surface area contributed by atoms with Gasteiger partial charge in [-0.25, -0.2) is 0 Å². The molecule has 0 rings (SSSR count). The molecule has 0 aliphatic carbocycles. The Kier molecular flexibility index (Phi) is 17.8. The summed E-state index contributed by atoms with van der Waals surface area (Å²) in [5.74, 6) is 0. The van der Waals surface area contributed by atoms with E-state index in [9.17, 15) is 5.11 Å². The molecule has 4 nitrogen and oxygen atoms in total. The highest BCUT2D eigenvalue weighted by Crippen LogP contribution is 2.08. The van der Waals surface area contributed by atoms with E-state index in [0.29, 0.717) is 0 Å². The SMILES string of the molecule is CCCCCCCCC(O)CNCCCNCCCCN. The number of rotatable bonds is 17. The summed E-state index contributed by atoms with van der Waals surface area (Å²) in [4.78, 5) is 0. The van der Waals surface area contributed by atoms with Gasteiger partial charge in [0.25, 0.3) is 0 Å². The zero-order chi connectivity index (χ0) is 15.6. The number of hydrogen-bond acceptors (Lipinski definition) is 4. The second-order valence-electron chi connectivity index (χ2n) is 6.01. The predicted molar refractivity (Wildman–Crippen MR) is 92.6 cm³/mol. The summed E-state index contributed by atoms with van der Waals surface area (Å²) in [6, 6.07) is 0. The standard InChI is InChI=1S/C17H39N3O/c1-2-3-4-5-6-7-11-17(21)16-20-15-10-14-19-13-9-8-12-18/h17,19-21H,2-16,18H2,1H3. The van der Waals surface area contributed by atoms with Gasteiger partial charge >= 0.3 is 0 Å². The van der Waals surface area contributed by atoms with Gasteiger partial charge in [0.05, 0.1) is 6.10 Å². The van der Waals surface area contributed by atoms with Crippen molar-refractivity contribution in [3.05, 3.63) is 0 Å². The van der Waals surface area contributed by atoms with E-state index in [1.165, 1.54) is 38.5 Å². The van der Waals surface area contributed by atoms with Crippen molar-refractivity contribution >= 4 is 0 Å².